The number of halogens is 1. The van der Waals surface area contributed by atoms with Crippen LogP contribution < -0.4 is 5.32 Å². The lowest BCUT2D eigenvalue weighted by molar-refractivity contribution is 0.275. The Labute approximate surface area is 111 Å². The predicted molar refractivity (Wildman–Crippen MR) is 70.7 cm³/mol. The molecular formula is C11H17ClNO4P. The molecular weight excluding hydrogens is 277 g/mol. The zero-order valence-corrected chi connectivity index (χ0v) is 11.7. The van der Waals surface area contributed by atoms with Crippen molar-refractivity contribution >= 4 is 19.4 Å². The van der Waals surface area contributed by atoms with Crippen molar-refractivity contribution in [2.24, 2.45) is 0 Å². The SMILES string of the molecule is C[C@H]1CNCCc2ccc(Cl)cc21.O=P(O)(O)O. The third-order valence-corrected chi connectivity index (χ3v) is 2.90. The lowest BCUT2D eigenvalue weighted by Crippen LogP contribution is -2.18. The summed E-state index contributed by atoms with van der Waals surface area (Å²) < 4.78 is 8.88. The van der Waals surface area contributed by atoms with Gasteiger partial charge in [0.25, 0.3) is 0 Å². The molecule has 0 unspecified atom stereocenters. The van der Waals surface area contributed by atoms with Crippen molar-refractivity contribution in [1.29, 1.82) is 0 Å². The minimum Gasteiger partial charge on any atom is -0.316 e. The van der Waals surface area contributed by atoms with Gasteiger partial charge in [-0.3, -0.25) is 0 Å². The Morgan fingerprint density at radius 1 is 1.39 bits per heavy atom. The van der Waals surface area contributed by atoms with Crippen LogP contribution in [0.25, 0.3) is 0 Å². The Morgan fingerprint density at radius 2 is 2.00 bits per heavy atom. The van der Waals surface area contributed by atoms with Gasteiger partial charge in [-0.25, -0.2) is 4.57 Å². The van der Waals surface area contributed by atoms with Gasteiger partial charge >= 0.3 is 7.82 Å². The molecule has 1 aliphatic heterocycles. The quantitative estimate of drug-likeness (QED) is 0.546. The van der Waals surface area contributed by atoms with Crippen LogP contribution >= 0.6 is 19.4 Å². The number of hydrogen-bond acceptors (Lipinski definition) is 2. The maximum Gasteiger partial charge on any atom is 0.466 e. The van der Waals surface area contributed by atoms with E-state index in [2.05, 4.69) is 24.4 Å². The zero-order valence-electron chi connectivity index (χ0n) is 10.0. The van der Waals surface area contributed by atoms with Gasteiger partial charge in [0.15, 0.2) is 0 Å². The lowest BCUT2D eigenvalue weighted by Gasteiger charge is -2.11. The first-order valence-electron chi connectivity index (χ1n) is 5.54. The van der Waals surface area contributed by atoms with E-state index < -0.39 is 7.82 Å². The Balaban J connectivity index is 0.000000280. The average Bonchev–Trinajstić information content (AvgIpc) is 2.39. The van der Waals surface area contributed by atoms with Crippen LogP contribution in [0.5, 0.6) is 0 Å². The molecule has 5 nitrogen and oxygen atoms in total. The van der Waals surface area contributed by atoms with Gasteiger partial charge in [-0.1, -0.05) is 24.6 Å². The van der Waals surface area contributed by atoms with Gasteiger partial charge in [0.05, 0.1) is 0 Å². The smallest absolute Gasteiger partial charge is 0.316 e. The van der Waals surface area contributed by atoms with E-state index in [9.17, 15) is 0 Å². The molecule has 1 aliphatic rings. The highest BCUT2D eigenvalue weighted by Crippen LogP contribution is 2.26. The van der Waals surface area contributed by atoms with Gasteiger partial charge in [-0.2, -0.15) is 0 Å². The first-order valence-corrected chi connectivity index (χ1v) is 7.49. The molecule has 0 aromatic heterocycles. The first-order chi connectivity index (χ1) is 8.27. The molecule has 102 valence electrons. The topological polar surface area (TPSA) is 89.8 Å². The van der Waals surface area contributed by atoms with Crippen molar-refractivity contribution in [2.45, 2.75) is 19.3 Å². The van der Waals surface area contributed by atoms with E-state index in [0.717, 1.165) is 24.5 Å². The van der Waals surface area contributed by atoms with E-state index in [1.54, 1.807) is 0 Å². The number of benzene rings is 1. The number of phosphoric acid groups is 1. The molecule has 0 bridgehead atoms. The third kappa shape index (κ3) is 5.96. The van der Waals surface area contributed by atoms with Gasteiger partial charge in [0, 0.05) is 11.6 Å². The molecule has 0 saturated carbocycles. The Kier molecular flexibility index (Phi) is 5.79. The van der Waals surface area contributed by atoms with E-state index in [4.69, 9.17) is 30.8 Å². The van der Waals surface area contributed by atoms with Gasteiger partial charge in [-0.05, 0) is 42.1 Å². The van der Waals surface area contributed by atoms with Gasteiger partial charge < -0.3 is 20.0 Å². The molecule has 0 amide bonds. The molecule has 0 saturated heterocycles. The monoisotopic (exact) mass is 293 g/mol. The molecule has 2 rings (SSSR count). The first kappa shape index (κ1) is 15.6. The van der Waals surface area contributed by atoms with Crippen LogP contribution in [0.3, 0.4) is 0 Å². The normalized spacial score (nSPS) is 19.3. The molecule has 0 radical (unpaired) electrons. The summed E-state index contributed by atoms with van der Waals surface area (Å²) in [6, 6.07) is 6.24. The van der Waals surface area contributed by atoms with Crippen molar-refractivity contribution in [1.82, 2.24) is 5.32 Å². The fraction of sp³-hybridized carbons (Fsp3) is 0.455. The second kappa shape index (κ2) is 6.66. The largest absolute Gasteiger partial charge is 0.466 e. The average molecular weight is 294 g/mol. The number of rotatable bonds is 0. The van der Waals surface area contributed by atoms with Crippen molar-refractivity contribution in [3.05, 3.63) is 34.3 Å². The zero-order chi connectivity index (χ0) is 13.8. The van der Waals surface area contributed by atoms with Crippen LogP contribution in [0, 0.1) is 0 Å². The fourth-order valence-electron chi connectivity index (χ4n) is 1.90. The van der Waals surface area contributed by atoms with Crippen LogP contribution in [0.15, 0.2) is 18.2 Å². The molecule has 1 heterocycles. The summed E-state index contributed by atoms with van der Waals surface area (Å²) in [4.78, 5) is 21.6. The summed E-state index contributed by atoms with van der Waals surface area (Å²) in [5.41, 5.74) is 2.86. The standard InChI is InChI=1S/C11H14ClN.H3O4P/c1-8-7-13-5-4-9-2-3-10(12)6-11(8)9;1-5(2,3)4/h2-3,6,8,13H,4-5,7H2,1H3;(H3,1,2,3,4)/t8-;/m0./s1. The van der Waals surface area contributed by atoms with Gasteiger partial charge in [0.2, 0.25) is 0 Å². The second-order valence-electron chi connectivity index (χ2n) is 4.21. The summed E-state index contributed by atoms with van der Waals surface area (Å²) >= 11 is 5.97. The van der Waals surface area contributed by atoms with Gasteiger partial charge in [-0.15, -0.1) is 0 Å². The second-order valence-corrected chi connectivity index (χ2v) is 5.67. The summed E-state index contributed by atoms with van der Waals surface area (Å²) in [6.45, 7) is 4.39. The van der Waals surface area contributed by atoms with E-state index in [0.29, 0.717) is 5.92 Å². The fourth-order valence-corrected chi connectivity index (χ4v) is 2.08. The van der Waals surface area contributed by atoms with Crippen molar-refractivity contribution in [3.63, 3.8) is 0 Å². The number of nitrogens with one attached hydrogen (secondary N) is 1. The van der Waals surface area contributed by atoms with E-state index >= 15 is 0 Å². The highest BCUT2D eigenvalue weighted by Gasteiger charge is 2.13. The molecule has 4 N–H and O–H groups in total. The van der Waals surface area contributed by atoms with Crippen LogP contribution in [0.2, 0.25) is 5.02 Å². The molecule has 0 aliphatic carbocycles. The minimum atomic E-state index is -4.64. The van der Waals surface area contributed by atoms with E-state index in [1.165, 1.54) is 11.1 Å². The molecule has 1 aromatic carbocycles. The Bertz CT molecular complexity index is 440. The molecule has 1 atom stereocenters. The predicted octanol–water partition coefficient (Wildman–Crippen LogP) is 1.66. The van der Waals surface area contributed by atoms with E-state index in [-0.39, 0.29) is 0 Å². The highest BCUT2D eigenvalue weighted by atomic mass is 35.5. The summed E-state index contributed by atoms with van der Waals surface area (Å²) in [5.74, 6) is 0.580. The highest BCUT2D eigenvalue weighted by molar-refractivity contribution is 7.45. The molecule has 1 aromatic rings. The third-order valence-electron chi connectivity index (χ3n) is 2.66. The van der Waals surface area contributed by atoms with Crippen LogP contribution in [-0.2, 0) is 11.0 Å². The van der Waals surface area contributed by atoms with Crippen LogP contribution in [0.4, 0.5) is 0 Å². The number of fused-ring (bicyclic) bond motifs is 1. The Morgan fingerprint density at radius 3 is 2.61 bits per heavy atom. The molecule has 0 spiro atoms. The maximum absolute atomic E-state index is 8.88. The summed E-state index contributed by atoms with van der Waals surface area (Å²) in [6.07, 6.45) is 1.12. The lowest BCUT2D eigenvalue weighted by atomic mass is 9.96. The summed E-state index contributed by atoms with van der Waals surface area (Å²) in [5, 5.41) is 4.27. The molecule has 18 heavy (non-hydrogen) atoms. The van der Waals surface area contributed by atoms with Crippen molar-refractivity contribution in [2.75, 3.05) is 13.1 Å². The minimum absolute atomic E-state index is 0.580. The molecule has 0 fully saturated rings. The van der Waals surface area contributed by atoms with Crippen molar-refractivity contribution < 1.29 is 19.2 Å². The van der Waals surface area contributed by atoms with E-state index in [1.807, 2.05) is 6.07 Å². The number of hydrogen-bond donors (Lipinski definition) is 4. The van der Waals surface area contributed by atoms with Crippen molar-refractivity contribution in [3.8, 4) is 0 Å². The maximum atomic E-state index is 8.88. The van der Waals surface area contributed by atoms with Crippen LogP contribution in [-0.4, -0.2) is 27.8 Å². The van der Waals surface area contributed by atoms with Crippen LogP contribution in [0.1, 0.15) is 24.0 Å². The van der Waals surface area contributed by atoms with Gasteiger partial charge in [0.1, 0.15) is 0 Å². The molecule has 7 heteroatoms. The Hall–Kier alpha value is -0.420. The summed E-state index contributed by atoms with van der Waals surface area (Å²) in [7, 11) is -4.64.